The standard InChI is InChI=1S/C18H27N3O5S/c1-4-20(5-2)18(22)15-12-19(8-9-21(15)27(3,23)24)11-14-6-7-16-17(10-14)26-13-25-16/h6-7,10,15H,4-5,8-9,11-13H2,1-3H3. The molecule has 2 heterocycles. The average molecular weight is 397 g/mol. The van der Waals surface area contributed by atoms with Crippen molar-refractivity contribution >= 4 is 15.9 Å². The summed E-state index contributed by atoms with van der Waals surface area (Å²) in [6.45, 7) is 7.03. The third-order valence-electron chi connectivity index (χ3n) is 5.04. The van der Waals surface area contributed by atoms with E-state index in [1.54, 1.807) is 4.90 Å². The predicted molar refractivity (Wildman–Crippen MR) is 101 cm³/mol. The van der Waals surface area contributed by atoms with Crippen molar-refractivity contribution in [3.05, 3.63) is 23.8 Å². The van der Waals surface area contributed by atoms with Gasteiger partial charge in [0.1, 0.15) is 6.04 Å². The van der Waals surface area contributed by atoms with Gasteiger partial charge in [0.2, 0.25) is 22.7 Å². The van der Waals surface area contributed by atoms with Gasteiger partial charge in [-0.15, -0.1) is 0 Å². The summed E-state index contributed by atoms with van der Waals surface area (Å²) in [7, 11) is -3.45. The van der Waals surface area contributed by atoms with Crippen LogP contribution in [0, 0.1) is 0 Å². The molecule has 8 nitrogen and oxygen atoms in total. The molecule has 1 aromatic carbocycles. The minimum atomic E-state index is -3.45. The van der Waals surface area contributed by atoms with E-state index in [0.29, 0.717) is 39.3 Å². The number of ether oxygens (including phenoxy) is 2. The van der Waals surface area contributed by atoms with E-state index in [9.17, 15) is 13.2 Å². The average Bonchev–Trinajstić information content (AvgIpc) is 3.09. The molecule has 1 unspecified atom stereocenters. The minimum absolute atomic E-state index is 0.138. The molecule has 1 fully saturated rings. The molecule has 1 saturated heterocycles. The summed E-state index contributed by atoms with van der Waals surface area (Å²) in [5.74, 6) is 1.31. The first-order valence-corrected chi connectivity index (χ1v) is 11.0. The number of fused-ring (bicyclic) bond motifs is 1. The van der Waals surface area contributed by atoms with Crippen molar-refractivity contribution in [2.24, 2.45) is 0 Å². The van der Waals surface area contributed by atoms with Crippen molar-refractivity contribution in [3.8, 4) is 11.5 Å². The van der Waals surface area contributed by atoms with E-state index in [0.717, 1.165) is 17.1 Å². The van der Waals surface area contributed by atoms with Crippen molar-refractivity contribution in [2.75, 3.05) is 45.8 Å². The van der Waals surface area contributed by atoms with E-state index in [4.69, 9.17) is 9.47 Å². The van der Waals surface area contributed by atoms with Gasteiger partial charge < -0.3 is 14.4 Å². The smallest absolute Gasteiger partial charge is 0.242 e. The second kappa shape index (κ2) is 8.04. The highest BCUT2D eigenvalue weighted by atomic mass is 32.2. The van der Waals surface area contributed by atoms with E-state index < -0.39 is 16.1 Å². The van der Waals surface area contributed by atoms with Crippen LogP contribution >= 0.6 is 0 Å². The second-order valence-corrected chi connectivity index (χ2v) is 8.76. The predicted octanol–water partition coefficient (Wildman–Crippen LogP) is 0.730. The fraction of sp³-hybridized carbons (Fsp3) is 0.611. The molecule has 1 atom stereocenters. The number of rotatable bonds is 6. The molecule has 1 aromatic rings. The molecule has 0 aromatic heterocycles. The van der Waals surface area contributed by atoms with Crippen molar-refractivity contribution in [1.82, 2.24) is 14.1 Å². The van der Waals surface area contributed by atoms with Gasteiger partial charge in [-0.25, -0.2) is 8.42 Å². The molecule has 0 N–H and O–H groups in total. The van der Waals surface area contributed by atoms with Gasteiger partial charge in [0.25, 0.3) is 0 Å². The summed E-state index contributed by atoms with van der Waals surface area (Å²) in [5.41, 5.74) is 1.04. The van der Waals surface area contributed by atoms with Crippen LogP contribution in [0.1, 0.15) is 19.4 Å². The number of carbonyl (C=O) groups is 1. The Morgan fingerprint density at radius 1 is 1.19 bits per heavy atom. The molecular formula is C18H27N3O5S. The number of amides is 1. The maximum atomic E-state index is 12.9. The molecular weight excluding hydrogens is 370 g/mol. The highest BCUT2D eigenvalue weighted by Gasteiger charge is 2.38. The van der Waals surface area contributed by atoms with Crippen LogP contribution in [-0.4, -0.2) is 80.2 Å². The van der Waals surface area contributed by atoms with Gasteiger partial charge in [-0.3, -0.25) is 9.69 Å². The van der Waals surface area contributed by atoms with Crippen LogP contribution in [0.2, 0.25) is 0 Å². The van der Waals surface area contributed by atoms with Crippen molar-refractivity contribution in [1.29, 1.82) is 0 Å². The first-order valence-electron chi connectivity index (χ1n) is 9.20. The summed E-state index contributed by atoms with van der Waals surface area (Å²) in [5, 5.41) is 0. The van der Waals surface area contributed by atoms with Crippen LogP contribution in [0.3, 0.4) is 0 Å². The zero-order valence-corrected chi connectivity index (χ0v) is 16.9. The number of piperazine rings is 1. The maximum absolute atomic E-state index is 12.9. The monoisotopic (exact) mass is 397 g/mol. The Morgan fingerprint density at radius 3 is 2.56 bits per heavy atom. The van der Waals surface area contributed by atoms with E-state index in [2.05, 4.69) is 4.90 Å². The lowest BCUT2D eigenvalue weighted by molar-refractivity contribution is -0.136. The third-order valence-corrected chi connectivity index (χ3v) is 6.33. The van der Waals surface area contributed by atoms with Gasteiger partial charge >= 0.3 is 0 Å². The Labute approximate surface area is 160 Å². The van der Waals surface area contributed by atoms with Crippen molar-refractivity contribution in [2.45, 2.75) is 26.4 Å². The lowest BCUT2D eigenvalue weighted by Crippen LogP contribution is -2.60. The normalized spacial score (nSPS) is 20.6. The summed E-state index contributed by atoms with van der Waals surface area (Å²) in [6.07, 6.45) is 1.17. The fourth-order valence-electron chi connectivity index (χ4n) is 3.61. The fourth-order valence-corrected chi connectivity index (χ4v) is 4.64. The molecule has 0 bridgehead atoms. The topological polar surface area (TPSA) is 79.4 Å². The Balaban J connectivity index is 1.76. The SMILES string of the molecule is CCN(CC)C(=O)C1CN(Cc2ccc3c(c2)OCO3)CCN1S(C)(=O)=O. The molecule has 0 spiro atoms. The summed E-state index contributed by atoms with van der Waals surface area (Å²) < 4.78 is 36.5. The number of sulfonamides is 1. The Morgan fingerprint density at radius 2 is 1.89 bits per heavy atom. The van der Waals surface area contributed by atoms with Crippen LogP contribution in [0.5, 0.6) is 11.5 Å². The summed E-state index contributed by atoms with van der Waals surface area (Å²) in [6, 6.07) is 5.09. The summed E-state index contributed by atoms with van der Waals surface area (Å²) >= 11 is 0. The van der Waals surface area contributed by atoms with Gasteiger partial charge in [0, 0.05) is 39.3 Å². The molecule has 1 amide bonds. The third kappa shape index (κ3) is 4.36. The van der Waals surface area contributed by atoms with Gasteiger partial charge in [-0.2, -0.15) is 4.31 Å². The number of benzene rings is 1. The molecule has 150 valence electrons. The molecule has 9 heteroatoms. The largest absolute Gasteiger partial charge is 0.454 e. The van der Waals surface area contributed by atoms with Crippen molar-refractivity contribution < 1.29 is 22.7 Å². The maximum Gasteiger partial charge on any atom is 0.242 e. The van der Waals surface area contributed by atoms with Crippen molar-refractivity contribution in [3.63, 3.8) is 0 Å². The van der Waals surface area contributed by atoms with Gasteiger partial charge in [0.05, 0.1) is 6.26 Å². The lowest BCUT2D eigenvalue weighted by Gasteiger charge is -2.40. The van der Waals surface area contributed by atoms with Gasteiger partial charge in [-0.1, -0.05) is 6.07 Å². The Hall–Kier alpha value is -1.84. The number of nitrogens with zero attached hydrogens (tertiary/aromatic N) is 3. The van der Waals surface area contributed by atoms with E-state index in [1.165, 1.54) is 10.6 Å². The zero-order chi connectivity index (χ0) is 19.6. The Bertz CT molecular complexity index is 794. The molecule has 0 aliphatic carbocycles. The minimum Gasteiger partial charge on any atom is -0.454 e. The first kappa shape index (κ1) is 19.9. The molecule has 3 rings (SSSR count). The zero-order valence-electron chi connectivity index (χ0n) is 16.1. The molecule has 27 heavy (non-hydrogen) atoms. The quantitative estimate of drug-likeness (QED) is 0.704. The molecule has 0 saturated carbocycles. The van der Waals surface area contributed by atoms with Crippen LogP contribution in [0.25, 0.3) is 0 Å². The first-order chi connectivity index (χ1) is 12.8. The molecule has 0 radical (unpaired) electrons. The highest BCUT2D eigenvalue weighted by molar-refractivity contribution is 7.88. The van der Waals surface area contributed by atoms with Gasteiger partial charge in [-0.05, 0) is 31.5 Å². The van der Waals surface area contributed by atoms with Gasteiger partial charge in [0.15, 0.2) is 11.5 Å². The van der Waals surface area contributed by atoms with Crippen LogP contribution in [0.15, 0.2) is 18.2 Å². The summed E-state index contributed by atoms with van der Waals surface area (Å²) in [4.78, 5) is 16.7. The Kier molecular flexibility index (Phi) is 5.92. The molecule has 2 aliphatic heterocycles. The number of hydrogen-bond acceptors (Lipinski definition) is 6. The van der Waals surface area contributed by atoms with E-state index in [1.807, 2.05) is 32.0 Å². The van der Waals surface area contributed by atoms with Crippen LogP contribution < -0.4 is 9.47 Å². The molecule has 2 aliphatic rings. The van der Waals surface area contributed by atoms with Crippen LogP contribution in [-0.2, 0) is 21.4 Å². The highest BCUT2D eigenvalue weighted by Crippen LogP contribution is 2.33. The lowest BCUT2D eigenvalue weighted by atomic mass is 10.1. The number of hydrogen-bond donors (Lipinski definition) is 0. The second-order valence-electron chi connectivity index (χ2n) is 6.82. The number of likely N-dealkylation sites (N-methyl/N-ethyl adjacent to an activating group) is 1. The van der Waals surface area contributed by atoms with E-state index in [-0.39, 0.29) is 12.7 Å². The van der Waals surface area contributed by atoms with E-state index >= 15 is 0 Å². The van der Waals surface area contributed by atoms with Crippen LogP contribution in [0.4, 0.5) is 0 Å². The number of carbonyl (C=O) groups excluding carboxylic acids is 1.